The molecule has 5 nitrogen and oxygen atoms in total. The predicted octanol–water partition coefficient (Wildman–Crippen LogP) is -0.148. The molecule has 98 valence electrons. The van der Waals surface area contributed by atoms with E-state index in [1.165, 1.54) is 6.42 Å². The van der Waals surface area contributed by atoms with E-state index in [4.69, 9.17) is 0 Å². The van der Waals surface area contributed by atoms with Crippen LogP contribution >= 0.6 is 0 Å². The van der Waals surface area contributed by atoms with Crippen LogP contribution in [0.15, 0.2) is 0 Å². The van der Waals surface area contributed by atoms with Gasteiger partial charge < -0.3 is 5.32 Å². The first-order valence-electron chi connectivity index (χ1n) is 6.61. The minimum atomic E-state index is -3.03. The van der Waals surface area contributed by atoms with E-state index >= 15 is 0 Å². The first kappa shape index (κ1) is 11.9. The number of nitrogens with one attached hydrogen (secondary N) is 2. The van der Waals surface area contributed by atoms with Gasteiger partial charge in [-0.1, -0.05) is 6.42 Å². The number of fused-ring (bicyclic) bond motifs is 3. The van der Waals surface area contributed by atoms with Crippen molar-refractivity contribution >= 4 is 10.0 Å². The summed E-state index contributed by atoms with van der Waals surface area (Å²) in [7, 11) is -3.03. The second kappa shape index (κ2) is 4.50. The van der Waals surface area contributed by atoms with Crippen molar-refractivity contribution in [3.63, 3.8) is 0 Å². The third-order valence-electron chi connectivity index (χ3n) is 4.32. The fourth-order valence-corrected chi connectivity index (χ4v) is 4.81. The largest absolute Gasteiger partial charge is 0.301 e. The standard InChI is InChI=1S/C11H21N3O2S/c15-17(16)6-2-1-3-10(13-17)11-7-9-4-5-14(11)8-12-9/h9-13H,1-8H2. The van der Waals surface area contributed by atoms with E-state index in [2.05, 4.69) is 14.9 Å². The topological polar surface area (TPSA) is 61.4 Å². The maximum Gasteiger partial charge on any atom is 0.211 e. The number of hydrogen-bond acceptors (Lipinski definition) is 4. The van der Waals surface area contributed by atoms with Gasteiger partial charge in [-0.3, -0.25) is 4.90 Å². The average Bonchev–Trinajstić information content (AvgIpc) is 2.51. The normalized spacial score (nSPS) is 45.4. The molecule has 4 fully saturated rings. The highest BCUT2D eigenvalue weighted by Crippen LogP contribution is 2.27. The van der Waals surface area contributed by atoms with Gasteiger partial charge in [-0.2, -0.15) is 0 Å². The summed E-state index contributed by atoms with van der Waals surface area (Å²) >= 11 is 0. The van der Waals surface area contributed by atoms with Crippen molar-refractivity contribution in [1.29, 1.82) is 0 Å². The highest BCUT2D eigenvalue weighted by molar-refractivity contribution is 7.89. The molecule has 4 atom stereocenters. The van der Waals surface area contributed by atoms with Crippen LogP contribution in [0, 0.1) is 0 Å². The Morgan fingerprint density at radius 2 is 2.06 bits per heavy atom. The number of sulfonamides is 1. The Kier molecular flexibility index (Phi) is 3.15. The van der Waals surface area contributed by atoms with Crippen LogP contribution in [-0.2, 0) is 10.0 Å². The number of piperidine rings is 1. The smallest absolute Gasteiger partial charge is 0.211 e. The van der Waals surface area contributed by atoms with Crippen LogP contribution in [0.5, 0.6) is 0 Å². The highest BCUT2D eigenvalue weighted by atomic mass is 32.2. The van der Waals surface area contributed by atoms with Crippen molar-refractivity contribution in [3.8, 4) is 0 Å². The van der Waals surface area contributed by atoms with Crippen LogP contribution in [0.1, 0.15) is 32.1 Å². The zero-order valence-corrected chi connectivity index (χ0v) is 10.9. The molecule has 17 heavy (non-hydrogen) atoms. The Labute approximate surface area is 103 Å². The van der Waals surface area contributed by atoms with E-state index in [1.807, 2.05) is 0 Å². The Morgan fingerprint density at radius 3 is 2.71 bits per heavy atom. The van der Waals surface area contributed by atoms with Gasteiger partial charge in [-0.25, -0.2) is 13.1 Å². The molecule has 0 saturated carbocycles. The summed E-state index contributed by atoms with van der Waals surface area (Å²) in [5, 5.41) is 3.47. The third kappa shape index (κ3) is 2.50. The molecule has 0 spiro atoms. The summed E-state index contributed by atoms with van der Waals surface area (Å²) < 4.78 is 26.5. The molecule has 6 heteroatoms. The van der Waals surface area contributed by atoms with Gasteiger partial charge >= 0.3 is 0 Å². The zero-order chi connectivity index (χ0) is 11.9. The Hall–Kier alpha value is -0.170. The van der Waals surface area contributed by atoms with Gasteiger partial charge in [0.25, 0.3) is 0 Å². The molecular weight excluding hydrogens is 238 g/mol. The van der Waals surface area contributed by atoms with Gasteiger partial charge in [0.15, 0.2) is 0 Å². The van der Waals surface area contributed by atoms with Crippen molar-refractivity contribution in [3.05, 3.63) is 0 Å². The average molecular weight is 259 g/mol. The van der Waals surface area contributed by atoms with E-state index in [9.17, 15) is 8.42 Å². The molecule has 0 aromatic heterocycles. The van der Waals surface area contributed by atoms with Crippen LogP contribution < -0.4 is 10.0 Å². The summed E-state index contributed by atoms with van der Waals surface area (Å²) in [6, 6.07) is 1.13. The van der Waals surface area contributed by atoms with Crippen LogP contribution in [0.2, 0.25) is 0 Å². The van der Waals surface area contributed by atoms with Crippen molar-refractivity contribution in [2.75, 3.05) is 19.0 Å². The summed E-state index contributed by atoms with van der Waals surface area (Å²) in [4.78, 5) is 2.40. The van der Waals surface area contributed by atoms with Gasteiger partial charge in [0.1, 0.15) is 0 Å². The lowest BCUT2D eigenvalue weighted by Crippen LogP contribution is -2.64. The summed E-state index contributed by atoms with van der Waals surface area (Å²) in [5.41, 5.74) is 0. The second-order valence-electron chi connectivity index (χ2n) is 5.50. The van der Waals surface area contributed by atoms with Gasteiger partial charge in [0.2, 0.25) is 10.0 Å². The first-order chi connectivity index (χ1) is 8.14. The minimum Gasteiger partial charge on any atom is -0.301 e. The SMILES string of the molecule is O=S1(=O)CCCCC(C2CC3CCN2CN3)N1. The second-order valence-corrected chi connectivity index (χ2v) is 7.38. The number of hydrogen-bond donors (Lipinski definition) is 2. The van der Waals surface area contributed by atoms with E-state index in [1.54, 1.807) is 0 Å². The molecular formula is C11H21N3O2S. The highest BCUT2D eigenvalue weighted by Gasteiger charge is 2.39. The molecule has 0 aromatic carbocycles. The fourth-order valence-electron chi connectivity index (χ4n) is 3.37. The molecule has 4 rings (SSSR count). The van der Waals surface area contributed by atoms with Crippen LogP contribution in [0.3, 0.4) is 0 Å². The summed E-state index contributed by atoms with van der Waals surface area (Å²) in [6.45, 7) is 2.04. The van der Waals surface area contributed by atoms with Gasteiger partial charge in [0, 0.05) is 31.3 Å². The number of rotatable bonds is 1. The maximum atomic E-state index is 11.8. The molecule has 0 radical (unpaired) electrons. The Morgan fingerprint density at radius 1 is 1.18 bits per heavy atom. The molecule has 0 amide bonds. The molecule has 4 aliphatic heterocycles. The summed E-state index contributed by atoms with van der Waals surface area (Å²) in [5.74, 6) is 0.303. The monoisotopic (exact) mass is 259 g/mol. The van der Waals surface area contributed by atoms with Crippen molar-refractivity contribution in [1.82, 2.24) is 14.9 Å². The van der Waals surface area contributed by atoms with Crippen LogP contribution in [-0.4, -0.2) is 50.4 Å². The summed E-state index contributed by atoms with van der Waals surface area (Å²) in [6.07, 6.45) is 5.12. The molecule has 2 bridgehead atoms. The quantitative estimate of drug-likeness (QED) is 0.688. The van der Waals surface area contributed by atoms with Crippen LogP contribution in [0.4, 0.5) is 0 Å². The molecule has 4 unspecified atom stereocenters. The maximum absolute atomic E-state index is 11.8. The van der Waals surface area contributed by atoms with Gasteiger partial charge in [0.05, 0.1) is 5.75 Å². The van der Waals surface area contributed by atoms with Crippen molar-refractivity contribution < 1.29 is 8.42 Å². The number of nitrogens with zero attached hydrogens (tertiary/aromatic N) is 1. The molecule has 4 aliphatic rings. The fraction of sp³-hybridized carbons (Fsp3) is 1.00. The lowest BCUT2D eigenvalue weighted by Gasteiger charge is -2.48. The lowest BCUT2D eigenvalue weighted by atomic mass is 9.88. The molecule has 0 aliphatic carbocycles. The van der Waals surface area contributed by atoms with Crippen molar-refractivity contribution in [2.45, 2.75) is 50.2 Å². The van der Waals surface area contributed by atoms with E-state index < -0.39 is 10.0 Å². The molecule has 2 N–H and O–H groups in total. The van der Waals surface area contributed by atoms with Crippen LogP contribution in [0.25, 0.3) is 0 Å². The Balaban J connectivity index is 1.74. The molecule has 4 heterocycles. The lowest BCUT2D eigenvalue weighted by molar-refractivity contribution is 0.0371. The van der Waals surface area contributed by atoms with Gasteiger partial charge in [-0.15, -0.1) is 0 Å². The van der Waals surface area contributed by atoms with Gasteiger partial charge in [-0.05, 0) is 25.7 Å². The predicted molar refractivity (Wildman–Crippen MR) is 66.1 cm³/mol. The van der Waals surface area contributed by atoms with E-state index in [0.717, 1.165) is 38.9 Å². The van der Waals surface area contributed by atoms with E-state index in [-0.39, 0.29) is 6.04 Å². The first-order valence-corrected chi connectivity index (χ1v) is 8.27. The molecule has 0 aromatic rings. The Bertz CT molecular complexity index is 376. The third-order valence-corrected chi connectivity index (χ3v) is 5.80. The molecule has 4 saturated heterocycles. The zero-order valence-electron chi connectivity index (χ0n) is 10.1. The van der Waals surface area contributed by atoms with E-state index in [0.29, 0.717) is 17.8 Å². The van der Waals surface area contributed by atoms with Crippen molar-refractivity contribution in [2.24, 2.45) is 0 Å². The minimum absolute atomic E-state index is 0.132.